The van der Waals surface area contributed by atoms with E-state index in [1.165, 1.54) is 6.92 Å². The van der Waals surface area contributed by atoms with E-state index in [1.807, 2.05) is 66.7 Å². The number of carbonyl (C=O) groups excluding carboxylic acids is 2. The van der Waals surface area contributed by atoms with Gasteiger partial charge in [0.2, 0.25) is 11.7 Å². The first-order chi connectivity index (χ1) is 15.5. The van der Waals surface area contributed by atoms with E-state index in [9.17, 15) is 9.59 Å². The van der Waals surface area contributed by atoms with Gasteiger partial charge >= 0.3 is 0 Å². The zero-order valence-corrected chi connectivity index (χ0v) is 18.1. The Kier molecular flexibility index (Phi) is 5.00. The summed E-state index contributed by atoms with van der Waals surface area (Å²) in [6, 6.07) is 28.1. The van der Waals surface area contributed by atoms with Crippen molar-refractivity contribution in [2.45, 2.75) is 6.92 Å². The van der Waals surface area contributed by atoms with Gasteiger partial charge in [0, 0.05) is 33.8 Å². The van der Waals surface area contributed by atoms with Crippen LogP contribution in [0.3, 0.4) is 0 Å². The van der Waals surface area contributed by atoms with Gasteiger partial charge < -0.3 is 4.98 Å². The number of halogens is 1. The summed E-state index contributed by atoms with van der Waals surface area (Å²) in [5, 5.41) is 3.22. The molecule has 0 saturated carbocycles. The summed E-state index contributed by atoms with van der Waals surface area (Å²) in [6.07, 6.45) is 0. The van der Waals surface area contributed by atoms with Crippen molar-refractivity contribution >= 4 is 56.3 Å². The number of aromatic amines is 1. The molecule has 5 heteroatoms. The lowest BCUT2D eigenvalue weighted by atomic mass is 10.0. The number of aromatic nitrogens is 1. The number of H-pyrrole nitrogens is 1. The molecule has 0 unspecified atom stereocenters. The van der Waals surface area contributed by atoms with E-state index in [0.717, 1.165) is 16.2 Å². The maximum atomic E-state index is 13.5. The van der Waals surface area contributed by atoms with Crippen molar-refractivity contribution in [1.82, 2.24) is 4.98 Å². The largest absolute Gasteiger partial charge is 0.350 e. The molecule has 4 aromatic carbocycles. The van der Waals surface area contributed by atoms with E-state index in [1.54, 1.807) is 29.2 Å². The van der Waals surface area contributed by atoms with Crippen LogP contribution in [0.5, 0.6) is 0 Å². The van der Waals surface area contributed by atoms with Gasteiger partial charge in [0.25, 0.3) is 0 Å². The van der Waals surface area contributed by atoms with Crippen LogP contribution in [0.25, 0.3) is 21.7 Å². The van der Waals surface area contributed by atoms with Gasteiger partial charge in [-0.05, 0) is 29.7 Å². The summed E-state index contributed by atoms with van der Waals surface area (Å²) in [7, 11) is 0. The van der Waals surface area contributed by atoms with Crippen LogP contribution >= 0.6 is 11.6 Å². The van der Waals surface area contributed by atoms with Crippen LogP contribution in [0.4, 0.5) is 11.4 Å². The first-order valence-corrected chi connectivity index (χ1v) is 10.6. The molecule has 0 bridgehead atoms. The molecular weight excluding hydrogens is 420 g/mol. The first kappa shape index (κ1) is 20.0. The second-order valence-electron chi connectivity index (χ2n) is 7.59. The number of nitrogens with one attached hydrogen (secondary N) is 1. The van der Waals surface area contributed by atoms with Crippen molar-refractivity contribution in [3.05, 3.63) is 107 Å². The van der Waals surface area contributed by atoms with Gasteiger partial charge in [-0.3, -0.25) is 14.5 Å². The Morgan fingerprint density at radius 2 is 1.53 bits per heavy atom. The third-order valence-corrected chi connectivity index (χ3v) is 5.78. The minimum Gasteiger partial charge on any atom is -0.350 e. The minimum absolute atomic E-state index is 0.195. The first-order valence-electron chi connectivity index (χ1n) is 10.2. The SMILES string of the molecule is CC(=O)N(c1cccc2ccccc12)c1c(C(=O)c2ccccc2)[nH]c2cc(Cl)ccc12. The summed E-state index contributed by atoms with van der Waals surface area (Å²) >= 11 is 6.23. The summed E-state index contributed by atoms with van der Waals surface area (Å²) in [5.41, 5.74) is 2.81. The topological polar surface area (TPSA) is 53.2 Å². The van der Waals surface area contributed by atoms with E-state index >= 15 is 0 Å². The molecular formula is C27H19ClN2O2. The van der Waals surface area contributed by atoms with Crippen molar-refractivity contribution < 1.29 is 9.59 Å². The molecule has 0 aliphatic carbocycles. The fourth-order valence-corrected chi connectivity index (χ4v) is 4.31. The molecule has 0 atom stereocenters. The van der Waals surface area contributed by atoms with Gasteiger partial charge in [-0.2, -0.15) is 0 Å². The summed E-state index contributed by atoms with van der Waals surface area (Å²) < 4.78 is 0. The lowest BCUT2D eigenvalue weighted by molar-refractivity contribution is -0.115. The van der Waals surface area contributed by atoms with Gasteiger partial charge in [0.05, 0.1) is 11.4 Å². The quantitative estimate of drug-likeness (QED) is 0.310. The Hall–Kier alpha value is -3.89. The molecule has 0 saturated heterocycles. The number of amides is 1. The Morgan fingerprint density at radius 3 is 2.31 bits per heavy atom. The summed E-state index contributed by atoms with van der Waals surface area (Å²) in [6.45, 7) is 1.51. The Balaban J connectivity index is 1.83. The van der Waals surface area contributed by atoms with Crippen molar-refractivity contribution in [1.29, 1.82) is 0 Å². The number of rotatable bonds is 4. The number of anilines is 2. The molecule has 5 rings (SSSR count). The lowest BCUT2D eigenvalue weighted by Crippen LogP contribution is -2.25. The fourth-order valence-electron chi connectivity index (χ4n) is 4.14. The molecule has 0 aliphatic rings. The molecule has 5 aromatic rings. The minimum atomic E-state index is -0.195. The normalized spacial score (nSPS) is 11.1. The molecule has 1 aromatic heterocycles. The van der Waals surface area contributed by atoms with Crippen LogP contribution < -0.4 is 4.90 Å². The third kappa shape index (κ3) is 3.35. The van der Waals surface area contributed by atoms with Gasteiger partial charge in [-0.15, -0.1) is 0 Å². The standard InChI is InChI=1S/C27H19ClN2O2/c1-17(31)30(24-13-7-11-18-8-5-6-12-21(18)24)26-22-15-14-20(28)16-23(22)29-25(26)27(32)19-9-3-2-4-10-19/h2-16,29H,1H3. The molecule has 1 heterocycles. The highest BCUT2D eigenvalue weighted by atomic mass is 35.5. The van der Waals surface area contributed by atoms with E-state index < -0.39 is 0 Å². The number of hydrogen-bond acceptors (Lipinski definition) is 2. The van der Waals surface area contributed by atoms with Gasteiger partial charge in [-0.1, -0.05) is 78.3 Å². The lowest BCUT2D eigenvalue weighted by Gasteiger charge is -2.24. The number of ketones is 1. The van der Waals surface area contributed by atoms with E-state index in [2.05, 4.69) is 4.98 Å². The highest BCUT2D eigenvalue weighted by Gasteiger charge is 2.27. The number of carbonyl (C=O) groups is 2. The van der Waals surface area contributed by atoms with Crippen molar-refractivity contribution in [2.24, 2.45) is 0 Å². The maximum Gasteiger partial charge on any atom is 0.228 e. The zero-order chi connectivity index (χ0) is 22.2. The van der Waals surface area contributed by atoms with Crippen LogP contribution in [0.2, 0.25) is 5.02 Å². The third-order valence-electron chi connectivity index (χ3n) is 5.54. The highest BCUT2D eigenvalue weighted by Crippen LogP contribution is 2.40. The van der Waals surface area contributed by atoms with Crippen molar-refractivity contribution in [2.75, 3.05) is 4.90 Å². The number of hydrogen-bond donors (Lipinski definition) is 1. The predicted octanol–water partition coefficient (Wildman–Crippen LogP) is 6.89. The molecule has 4 nitrogen and oxygen atoms in total. The second kappa shape index (κ2) is 7.98. The van der Waals surface area contributed by atoms with Crippen molar-refractivity contribution in [3.63, 3.8) is 0 Å². The van der Waals surface area contributed by atoms with Crippen LogP contribution in [0, 0.1) is 0 Å². The average Bonchev–Trinajstić information content (AvgIpc) is 3.17. The second-order valence-corrected chi connectivity index (χ2v) is 8.02. The molecule has 1 amide bonds. The number of benzene rings is 4. The monoisotopic (exact) mass is 438 g/mol. The fraction of sp³-hybridized carbons (Fsp3) is 0.0370. The van der Waals surface area contributed by atoms with Gasteiger partial charge in [0.1, 0.15) is 5.69 Å². The molecule has 32 heavy (non-hydrogen) atoms. The Bertz CT molecular complexity index is 1480. The Morgan fingerprint density at radius 1 is 0.812 bits per heavy atom. The molecule has 0 fully saturated rings. The molecule has 0 spiro atoms. The van der Waals surface area contributed by atoms with Gasteiger partial charge in [0.15, 0.2) is 0 Å². The van der Waals surface area contributed by atoms with E-state index in [-0.39, 0.29) is 11.7 Å². The van der Waals surface area contributed by atoms with Crippen LogP contribution in [-0.4, -0.2) is 16.7 Å². The molecule has 156 valence electrons. The zero-order valence-electron chi connectivity index (χ0n) is 17.3. The average molecular weight is 439 g/mol. The maximum absolute atomic E-state index is 13.5. The summed E-state index contributed by atoms with van der Waals surface area (Å²) in [5.74, 6) is -0.390. The van der Waals surface area contributed by atoms with Crippen molar-refractivity contribution in [3.8, 4) is 0 Å². The molecule has 0 aliphatic heterocycles. The smallest absolute Gasteiger partial charge is 0.228 e. The number of nitrogens with zero attached hydrogens (tertiary/aromatic N) is 1. The van der Waals surface area contributed by atoms with Crippen LogP contribution in [-0.2, 0) is 4.79 Å². The summed E-state index contributed by atoms with van der Waals surface area (Å²) in [4.78, 5) is 31.5. The highest BCUT2D eigenvalue weighted by molar-refractivity contribution is 6.31. The number of fused-ring (bicyclic) bond motifs is 2. The Labute approximate surface area is 190 Å². The molecule has 0 radical (unpaired) electrons. The van der Waals surface area contributed by atoms with Crippen LogP contribution in [0.15, 0.2) is 91.0 Å². The predicted molar refractivity (Wildman–Crippen MR) is 130 cm³/mol. The van der Waals surface area contributed by atoms with Gasteiger partial charge in [-0.25, -0.2) is 0 Å². The van der Waals surface area contributed by atoms with E-state index in [0.29, 0.717) is 33.2 Å². The molecule has 1 N–H and O–H groups in total. The van der Waals surface area contributed by atoms with E-state index in [4.69, 9.17) is 11.6 Å². The van der Waals surface area contributed by atoms with Crippen LogP contribution in [0.1, 0.15) is 23.0 Å².